The van der Waals surface area contributed by atoms with Gasteiger partial charge in [-0.15, -0.1) is 0 Å². The van der Waals surface area contributed by atoms with Gasteiger partial charge in [0.15, 0.2) is 6.61 Å². The van der Waals surface area contributed by atoms with Gasteiger partial charge in [-0.3, -0.25) is 4.84 Å². The predicted octanol–water partition coefficient (Wildman–Crippen LogP) is 0.0204. The second-order valence-corrected chi connectivity index (χ2v) is 2.90. The Hall–Kier alpha value is -1.56. The van der Waals surface area contributed by atoms with Crippen molar-refractivity contribution >= 4 is 12.0 Å². The first-order valence-electron chi connectivity index (χ1n) is 4.23. The average molecular weight is 200 g/mol. The Morgan fingerprint density at radius 2 is 2.07 bits per heavy atom. The number of hydroxylamine groups is 1. The van der Waals surface area contributed by atoms with Gasteiger partial charge < -0.3 is 10.4 Å². The van der Waals surface area contributed by atoms with E-state index in [0.717, 1.165) is 12.8 Å². The molecule has 0 saturated carbocycles. The van der Waals surface area contributed by atoms with Crippen molar-refractivity contribution in [3.8, 4) is 0 Å². The third kappa shape index (κ3) is 3.90. The number of hydrogen-bond acceptors (Lipinski definition) is 3. The second-order valence-electron chi connectivity index (χ2n) is 2.90. The lowest BCUT2D eigenvalue weighted by Crippen LogP contribution is -2.41. The number of carboxylic acid groups (broad SMARTS) is 1. The van der Waals surface area contributed by atoms with Gasteiger partial charge in [0.25, 0.3) is 0 Å². The quantitative estimate of drug-likeness (QED) is 0.441. The van der Waals surface area contributed by atoms with Crippen molar-refractivity contribution in [3.63, 3.8) is 0 Å². The number of hydrogen-bond donors (Lipinski definition) is 3. The van der Waals surface area contributed by atoms with Crippen LogP contribution in [-0.4, -0.2) is 29.8 Å². The molecule has 1 aliphatic rings. The van der Waals surface area contributed by atoms with Gasteiger partial charge in [-0.2, -0.15) is 0 Å². The molecule has 0 aromatic carbocycles. The lowest BCUT2D eigenvalue weighted by molar-refractivity contribution is -0.144. The van der Waals surface area contributed by atoms with Crippen LogP contribution in [0.3, 0.4) is 0 Å². The summed E-state index contributed by atoms with van der Waals surface area (Å²) in [4.78, 5) is 25.4. The van der Waals surface area contributed by atoms with Gasteiger partial charge in [0, 0.05) is 6.04 Å². The van der Waals surface area contributed by atoms with Crippen LogP contribution >= 0.6 is 0 Å². The van der Waals surface area contributed by atoms with Crippen molar-refractivity contribution in [3.05, 3.63) is 12.2 Å². The maximum atomic E-state index is 11.0. The number of carbonyl (C=O) groups excluding carboxylic acids is 1. The molecule has 1 rings (SSSR count). The molecule has 0 fully saturated rings. The smallest absolute Gasteiger partial charge is 0.338 e. The predicted molar refractivity (Wildman–Crippen MR) is 47.4 cm³/mol. The molecule has 0 bridgehead atoms. The highest BCUT2D eigenvalue weighted by Gasteiger charge is 2.12. The number of carbonyl (C=O) groups is 2. The van der Waals surface area contributed by atoms with E-state index in [4.69, 9.17) is 5.11 Å². The lowest BCUT2D eigenvalue weighted by atomic mass is 10.2. The molecule has 3 N–H and O–H groups in total. The molecule has 6 nitrogen and oxygen atoms in total. The Kier molecular flexibility index (Phi) is 3.93. The monoisotopic (exact) mass is 200 g/mol. The minimum Gasteiger partial charge on any atom is -0.479 e. The Morgan fingerprint density at radius 1 is 1.43 bits per heavy atom. The van der Waals surface area contributed by atoms with Gasteiger partial charge in [-0.05, 0) is 12.8 Å². The van der Waals surface area contributed by atoms with Crippen LogP contribution in [0.2, 0.25) is 0 Å². The van der Waals surface area contributed by atoms with Gasteiger partial charge in [-0.1, -0.05) is 12.2 Å². The maximum Gasteiger partial charge on any atom is 0.338 e. The van der Waals surface area contributed by atoms with Crippen molar-refractivity contribution in [2.45, 2.75) is 18.9 Å². The molecular formula is C8H12N2O4. The van der Waals surface area contributed by atoms with Crippen LogP contribution in [-0.2, 0) is 9.63 Å². The van der Waals surface area contributed by atoms with E-state index in [2.05, 4.69) is 10.2 Å². The standard InChI is InChI=1S/C8H12N2O4/c11-7(12)5-14-10-8(13)9-6-3-1-2-4-6/h1-2,6H,3-5H2,(H,11,12)(H2,9,10,13). The van der Waals surface area contributed by atoms with Crippen molar-refractivity contribution in [1.29, 1.82) is 0 Å². The van der Waals surface area contributed by atoms with Gasteiger partial charge in [0.05, 0.1) is 0 Å². The second kappa shape index (κ2) is 5.23. The van der Waals surface area contributed by atoms with Crippen LogP contribution in [0.25, 0.3) is 0 Å². The molecule has 0 aromatic rings. The zero-order chi connectivity index (χ0) is 10.4. The summed E-state index contributed by atoms with van der Waals surface area (Å²) in [6, 6.07) is -0.427. The zero-order valence-corrected chi connectivity index (χ0v) is 7.53. The molecule has 0 spiro atoms. The summed E-state index contributed by atoms with van der Waals surface area (Å²) in [5.74, 6) is -1.13. The van der Waals surface area contributed by atoms with Gasteiger partial charge in [0.2, 0.25) is 0 Å². The Morgan fingerprint density at radius 3 is 2.64 bits per heavy atom. The largest absolute Gasteiger partial charge is 0.479 e. The van der Waals surface area contributed by atoms with E-state index in [1.54, 1.807) is 0 Å². The van der Waals surface area contributed by atoms with Gasteiger partial charge >= 0.3 is 12.0 Å². The van der Waals surface area contributed by atoms with Crippen molar-refractivity contribution in [1.82, 2.24) is 10.8 Å². The molecule has 78 valence electrons. The molecule has 0 heterocycles. The fraction of sp³-hybridized carbons (Fsp3) is 0.500. The molecule has 0 unspecified atom stereocenters. The van der Waals surface area contributed by atoms with E-state index in [-0.39, 0.29) is 6.04 Å². The topological polar surface area (TPSA) is 87.7 Å². The minimum atomic E-state index is -1.13. The van der Waals surface area contributed by atoms with E-state index in [9.17, 15) is 9.59 Å². The summed E-state index contributed by atoms with van der Waals surface area (Å²) < 4.78 is 0. The molecule has 6 heteroatoms. The Balaban J connectivity index is 2.07. The van der Waals surface area contributed by atoms with Crippen LogP contribution in [0.4, 0.5) is 4.79 Å². The van der Waals surface area contributed by atoms with E-state index < -0.39 is 18.6 Å². The summed E-state index contributed by atoms with van der Waals surface area (Å²) >= 11 is 0. The number of carboxylic acids is 1. The number of amides is 2. The summed E-state index contributed by atoms with van der Waals surface area (Å²) in [6.45, 7) is -0.545. The van der Waals surface area contributed by atoms with Crippen molar-refractivity contribution in [2.75, 3.05) is 6.61 Å². The van der Waals surface area contributed by atoms with Crippen LogP contribution in [0.5, 0.6) is 0 Å². The zero-order valence-electron chi connectivity index (χ0n) is 7.53. The van der Waals surface area contributed by atoms with Crippen molar-refractivity contribution < 1.29 is 19.5 Å². The summed E-state index contributed by atoms with van der Waals surface area (Å²) in [7, 11) is 0. The summed E-state index contributed by atoms with van der Waals surface area (Å²) in [6.07, 6.45) is 5.55. The SMILES string of the molecule is O=C(O)CONC(=O)NC1CC=CC1. The Labute approximate surface area is 80.9 Å². The van der Waals surface area contributed by atoms with E-state index in [1.165, 1.54) is 0 Å². The van der Waals surface area contributed by atoms with Crippen molar-refractivity contribution in [2.24, 2.45) is 0 Å². The first-order valence-corrected chi connectivity index (χ1v) is 4.23. The molecule has 14 heavy (non-hydrogen) atoms. The number of urea groups is 1. The Bertz CT molecular complexity index is 244. The molecule has 0 atom stereocenters. The van der Waals surface area contributed by atoms with Crippen LogP contribution in [0, 0.1) is 0 Å². The highest BCUT2D eigenvalue weighted by molar-refractivity contribution is 5.73. The van der Waals surface area contributed by atoms with Gasteiger partial charge in [0.1, 0.15) is 0 Å². The molecule has 0 saturated heterocycles. The van der Waals surface area contributed by atoms with Crippen LogP contribution < -0.4 is 10.8 Å². The first kappa shape index (κ1) is 10.5. The minimum absolute atomic E-state index is 0.0865. The number of rotatable bonds is 4. The summed E-state index contributed by atoms with van der Waals surface area (Å²) in [5.41, 5.74) is 1.98. The molecule has 0 radical (unpaired) electrons. The molecule has 0 aliphatic heterocycles. The third-order valence-corrected chi connectivity index (χ3v) is 1.70. The normalized spacial score (nSPS) is 15.4. The van der Waals surface area contributed by atoms with E-state index >= 15 is 0 Å². The molecule has 2 amide bonds. The van der Waals surface area contributed by atoms with Crippen LogP contribution in [0.15, 0.2) is 12.2 Å². The first-order chi connectivity index (χ1) is 6.68. The van der Waals surface area contributed by atoms with E-state index in [1.807, 2.05) is 17.6 Å². The molecular weight excluding hydrogens is 188 g/mol. The summed E-state index contributed by atoms with van der Waals surface area (Å²) in [5, 5.41) is 10.8. The highest BCUT2D eigenvalue weighted by atomic mass is 16.7. The average Bonchev–Trinajstić information content (AvgIpc) is 2.56. The van der Waals surface area contributed by atoms with Gasteiger partial charge in [-0.25, -0.2) is 15.1 Å². The fourth-order valence-electron chi connectivity index (χ4n) is 1.11. The van der Waals surface area contributed by atoms with E-state index in [0.29, 0.717) is 0 Å². The molecule has 1 aliphatic carbocycles. The van der Waals surface area contributed by atoms with Crippen LogP contribution in [0.1, 0.15) is 12.8 Å². The number of nitrogens with one attached hydrogen (secondary N) is 2. The molecule has 0 aromatic heterocycles. The lowest BCUT2D eigenvalue weighted by Gasteiger charge is -2.11. The highest BCUT2D eigenvalue weighted by Crippen LogP contribution is 2.08. The third-order valence-electron chi connectivity index (χ3n) is 1.70. The fourth-order valence-corrected chi connectivity index (χ4v) is 1.11. The number of aliphatic carboxylic acids is 1. The maximum absolute atomic E-state index is 11.0.